The summed E-state index contributed by atoms with van der Waals surface area (Å²) < 4.78 is 1.90. The van der Waals surface area contributed by atoms with E-state index in [4.69, 9.17) is 11.6 Å². The Labute approximate surface area is 108 Å². The first kappa shape index (κ1) is 12.9. The van der Waals surface area contributed by atoms with Gasteiger partial charge in [-0.15, -0.1) is 0 Å². The Morgan fingerprint density at radius 3 is 2.94 bits per heavy atom. The second-order valence-electron chi connectivity index (χ2n) is 4.91. The molecular formula is C12H21ClN4. The van der Waals surface area contributed by atoms with E-state index < -0.39 is 0 Å². The fourth-order valence-corrected chi connectivity index (χ4v) is 2.62. The molecular weight excluding hydrogens is 236 g/mol. The summed E-state index contributed by atoms with van der Waals surface area (Å²) in [5, 5.41) is 8.68. The molecule has 1 aliphatic heterocycles. The molecule has 0 bridgehead atoms. The predicted molar refractivity (Wildman–Crippen MR) is 70.3 cm³/mol. The number of nitrogens with one attached hydrogen (secondary N) is 1. The molecule has 0 saturated carbocycles. The topological polar surface area (TPSA) is 33.1 Å². The molecule has 0 radical (unpaired) electrons. The van der Waals surface area contributed by atoms with Crippen LogP contribution in [0.4, 0.5) is 0 Å². The third kappa shape index (κ3) is 3.00. The molecule has 0 aliphatic carbocycles. The molecule has 5 heteroatoms. The van der Waals surface area contributed by atoms with E-state index in [0.29, 0.717) is 6.04 Å². The van der Waals surface area contributed by atoms with Crippen LogP contribution in [0.25, 0.3) is 0 Å². The number of halogens is 1. The SMILES string of the molecule is Cc1nn(C)c(CN2CCCNC(C)C2)c1Cl. The molecule has 0 amide bonds. The van der Waals surface area contributed by atoms with Crippen LogP contribution in [0, 0.1) is 6.92 Å². The second-order valence-corrected chi connectivity index (χ2v) is 5.29. The van der Waals surface area contributed by atoms with Crippen LogP contribution in [-0.4, -0.2) is 40.4 Å². The van der Waals surface area contributed by atoms with E-state index in [-0.39, 0.29) is 0 Å². The zero-order valence-electron chi connectivity index (χ0n) is 10.8. The van der Waals surface area contributed by atoms with Gasteiger partial charge in [0.05, 0.1) is 16.4 Å². The lowest BCUT2D eigenvalue weighted by Crippen LogP contribution is -2.35. The van der Waals surface area contributed by atoms with Gasteiger partial charge in [-0.2, -0.15) is 5.10 Å². The maximum atomic E-state index is 6.28. The Bertz CT molecular complexity index is 388. The first-order chi connectivity index (χ1) is 8.08. The van der Waals surface area contributed by atoms with Crippen molar-refractivity contribution in [1.29, 1.82) is 0 Å². The van der Waals surface area contributed by atoms with Crippen molar-refractivity contribution in [2.24, 2.45) is 7.05 Å². The number of hydrogen-bond donors (Lipinski definition) is 1. The van der Waals surface area contributed by atoms with E-state index in [1.807, 2.05) is 18.7 Å². The van der Waals surface area contributed by atoms with Crippen molar-refractivity contribution in [3.8, 4) is 0 Å². The number of aromatic nitrogens is 2. The molecule has 1 atom stereocenters. The van der Waals surface area contributed by atoms with Gasteiger partial charge in [0.15, 0.2) is 0 Å². The highest BCUT2D eigenvalue weighted by atomic mass is 35.5. The van der Waals surface area contributed by atoms with Crippen LogP contribution in [0.1, 0.15) is 24.7 Å². The Morgan fingerprint density at radius 1 is 1.53 bits per heavy atom. The Balaban J connectivity index is 2.08. The van der Waals surface area contributed by atoms with E-state index in [9.17, 15) is 0 Å². The minimum atomic E-state index is 0.547. The van der Waals surface area contributed by atoms with Crippen molar-refractivity contribution in [1.82, 2.24) is 20.0 Å². The van der Waals surface area contributed by atoms with Crippen LogP contribution in [0.3, 0.4) is 0 Å². The maximum absolute atomic E-state index is 6.28. The third-order valence-electron chi connectivity index (χ3n) is 3.31. The molecule has 4 nitrogen and oxygen atoms in total. The van der Waals surface area contributed by atoms with E-state index in [0.717, 1.165) is 42.6 Å². The van der Waals surface area contributed by atoms with Gasteiger partial charge in [-0.05, 0) is 33.4 Å². The molecule has 1 saturated heterocycles. The van der Waals surface area contributed by atoms with Gasteiger partial charge in [-0.25, -0.2) is 0 Å². The lowest BCUT2D eigenvalue weighted by atomic mass is 10.3. The van der Waals surface area contributed by atoms with Crippen LogP contribution >= 0.6 is 11.6 Å². The molecule has 1 fully saturated rings. The standard InChI is InChI=1S/C12H21ClN4/c1-9-7-17(6-4-5-14-9)8-11-12(13)10(2)15-16(11)3/h9,14H,4-8H2,1-3H3. The first-order valence-electron chi connectivity index (χ1n) is 6.21. The van der Waals surface area contributed by atoms with Gasteiger partial charge >= 0.3 is 0 Å². The van der Waals surface area contributed by atoms with E-state index in [1.54, 1.807) is 0 Å². The monoisotopic (exact) mass is 256 g/mol. The van der Waals surface area contributed by atoms with Crippen molar-refractivity contribution in [2.75, 3.05) is 19.6 Å². The van der Waals surface area contributed by atoms with Gasteiger partial charge in [0.2, 0.25) is 0 Å². The van der Waals surface area contributed by atoms with Gasteiger partial charge in [0.1, 0.15) is 0 Å². The van der Waals surface area contributed by atoms with Crippen LogP contribution < -0.4 is 5.32 Å². The summed E-state index contributed by atoms with van der Waals surface area (Å²) in [5.74, 6) is 0. The first-order valence-corrected chi connectivity index (χ1v) is 6.59. The molecule has 1 aliphatic rings. The maximum Gasteiger partial charge on any atom is 0.0860 e. The molecule has 0 aromatic carbocycles. The molecule has 2 heterocycles. The molecule has 1 N–H and O–H groups in total. The third-order valence-corrected chi connectivity index (χ3v) is 3.80. The minimum absolute atomic E-state index is 0.547. The van der Waals surface area contributed by atoms with Crippen LogP contribution in [0.15, 0.2) is 0 Å². The minimum Gasteiger partial charge on any atom is -0.313 e. The van der Waals surface area contributed by atoms with Crippen molar-refractivity contribution >= 4 is 11.6 Å². The number of hydrogen-bond acceptors (Lipinski definition) is 3. The summed E-state index contributed by atoms with van der Waals surface area (Å²) in [6.07, 6.45) is 1.19. The summed E-state index contributed by atoms with van der Waals surface area (Å²) in [7, 11) is 1.97. The zero-order chi connectivity index (χ0) is 12.4. The molecule has 17 heavy (non-hydrogen) atoms. The summed E-state index contributed by atoms with van der Waals surface area (Å²) in [4.78, 5) is 2.45. The van der Waals surface area contributed by atoms with Crippen molar-refractivity contribution in [2.45, 2.75) is 32.9 Å². The highest BCUT2D eigenvalue weighted by Gasteiger charge is 2.18. The Morgan fingerprint density at radius 2 is 2.29 bits per heavy atom. The van der Waals surface area contributed by atoms with Crippen molar-refractivity contribution < 1.29 is 0 Å². The number of rotatable bonds is 2. The fraction of sp³-hybridized carbons (Fsp3) is 0.750. The van der Waals surface area contributed by atoms with E-state index >= 15 is 0 Å². The van der Waals surface area contributed by atoms with Crippen molar-refractivity contribution in [3.05, 3.63) is 16.4 Å². The fourth-order valence-electron chi connectivity index (χ4n) is 2.40. The molecule has 1 aromatic rings. The van der Waals surface area contributed by atoms with E-state index in [2.05, 4.69) is 22.2 Å². The smallest absolute Gasteiger partial charge is 0.0860 e. The van der Waals surface area contributed by atoms with Crippen LogP contribution in [0.2, 0.25) is 5.02 Å². The summed E-state index contributed by atoms with van der Waals surface area (Å²) in [6.45, 7) is 8.38. The average molecular weight is 257 g/mol. The largest absolute Gasteiger partial charge is 0.313 e. The quantitative estimate of drug-likeness (QED) is 0.872. The van der Waals surface area contributed by atoms with E-state index in [1.165, 1.54) is 6.42 Å². The van der Waals surface area contributed by atoms with Gasteiger partial charge < -0.3 is 5.32 Å². The Kier molecular flexibility index (Phi) is 4.07. The van der Waals surface area contributed by atoms with Gasteiger partial charge in [-0.3, -0.25) is 9.58 Å². The summed E-state index contributed by atoms with van der Waals surface area (Å²) in [6, 6.07) is 0.547. The molecule has 1 aromatic heterocycles. The molecule has 96 valence electrons. The van der Waals surface area contributed by atoms with Gasteiger partial charge in [-0.1, -0.05) is 11.6 Å². The van der Waals surface area contributed by atoms with Crippen molar-refractivity contribution in [3.63, 3.8) is 0 Å². The van der Waals surface area contributed by atoms with Gasteiger partial charge in [0.25, 0.3) is 0 Å². The van der Waals surface area contributed by atoms with Crippen LogP contribution in [-0.2, 0) is 13.6 Å². The molecule has 0 spiro atoms. The Hall–Kier alpha value is -0.580. The number of aryl methyl sites for hydroxylation is 2. The van der Waals surface area contributed by atoms with Gasteiger partial charge in [0, 0.05) is 26.2 Å². The normalized spacial score (nSPS) is 22.7. The summed E-state index contributed by atoms with van der Waals surface area (Å²) in [5.41, 5.74) is 2.04. The highest BCUT2D eigenvalue weighted by molar-refractivity contribution is 6.31. The average Bonchev–Trinajstić information content (AvgIpc) is 2.46. The molecule has 2 rings (SSSR count). The summed E-state index contributed by atoms with van der Waals surface area (Å²) >= 11 is 6.28. The molecule has 1 unspecified atom stereocenters. The zero-order valence-corrected chi connectivity index (χ0v) is 11.6. The highest BCUT2D eigenvalue weighted by Crippen LogP contribution is 2.21. The number of nitrogens with zero attached hydrogens (tertiary/aromatic N) is 3. The lowest BCUT2D eigenvalue weighted by molar-refractivity contribution is 0.258. The van der Waals surface area contributed by atoms with Crippen LogP contribution in [0.5, 0.6) is 0 Å². The predicted octanol–water partition coefficient (Wildman–Crippen LogP) is 1.57. The lowest BCUT2D eigenvalue weighted by Gasteiger charge is -2.22. The second kappa shape index (κ2) is 5.38.